The lowest BCUT2D eigenvalue weighted by molar-refractivity contribution is 0.0240. The molecule has 2 N–H and O–H groups in total. The van der Waals surface area contributed by atoms with E-state index in [1.165, 1.54) is 25.5 Å². The normalized spacial score (nSPS) is 14.6. The van der Waals surface area contributed by atoms with Crippen molar-refractivity contribution in [1.29, 1.82) is 0 Å². The molecule has 34 heavy (non-hydrogen) atoms. The van der Waals surface area contributed by atoms with Gasteiger partial charge in [0, 0.05) is 32.4 Å². The highest BCUT2D eigenvalue weighted by atomic mass is 35.5. The van der Waals surface area contributed by atoms with Crippen molar-refractivity contribution < 1.29 is 18.3 Å². The Balaban J connectivity index is 1.66. The molecular formula is C23H25ClF2N6O2. The molecule has 1 aliphatic heterocycles. The molecule has 180 valence electrons. The number of anilines is 2. The molecule has 1 fully saturated rings. The van der Waals surface area contributed by atoms with Crippen LogP contribution in [0.15, 0.2) is 18.6 Å². The van der Waals surface area contributed by atoms with E-state index in [4.69, 9.17) is 22.1 Å². The monoisotopic (exact) mass is 490 g/mol. The fourth-order valence-electron chi connectivity index (χ4n) is 3.83. The number of pyridine rings is 1. The Morgan fingerprint density at radius 1 is 1.12 bits per heavy atom. The lowest BCUT2D eigenvalue weighted by Crippen LogP contribution is -2.50. The van der Waals surface area contributed by atoms with Gasteiger partial charge in [0.15, 0.2) is 5.82 Å². The van der Waals surface area contributed by atoms with Crippen LogP contribution in [0.1, 0.15) is 26.3 Å². The van der Waals surface area contributed by atoms with Crippen LogP contribution in [0.3, 0.4) is 0 Å². The average Bonchev–Trinajstić information content (AvgIpc) is 2.78. The highest BCUT2D eigenvalue weighted by Gasteiger charge is 2.28. The number of nitrogens with zero attached hydrogens (tertiary/aromatic N) is 5. The first kappa shape index (κ1) is 23.9. The molecule has 1 saturated heterocycles. The molecule has 11 heteroatoms. The fourth-order valence-corrected chi connectivity index (χ4v) is 4.09. The van der Waals surface area contributed by atoms with Crippen LogP contribution in [0.25, 0.3) is 22.2 Å². The Hall–Kier alpha value is -3.27. The van der Waals surface area contributed by atoms with Gasteiger partial charge in [0.2, 0.25) is 0 Å². The molecule has 3 heterocycles. The molecule has 1 aliphatic rings. The van der Waals surface area contributed by atoms with E-state index in [1.54, 1.807) is 4.90 Å². The SMILES string of the molecule is Cc1cc(Cl)c(N)c(-c2ncc3c(N4CCN(C(=O)OC(C)(C)C)CC4)ncnc3c2F)c1F. The zero-order valence-corrected chi connectivity index (χ0v) is 20.1. The van der Waals surface area contributed by atoms with Gasteiger partial charge in [0.1, 0.15) is 34.8 Å². The third kappa shape index (κ3) is 4.42. The van der Waals surface area contributed by atoms with Crippen LogP contribution in [0.5, 0.6) is 0 Å². The lowest BCUT2D eigenvalue weighted by atomic mass is 10.0. The van der Waals surface area contributed by atoms with E-state index < -0.39 is 17.2 Å². The van der Waals surface area contributed by atoms with Crippen LogP contribution < -0.4 is 10.6 Å². The minimum Gasteiger partial charge on any atom is -0.444 e. The number of hydrogen-bond donors (Lipinski definition) is 1. The summed E-state index contributed by atoms with van der Waals surface area (Å²) < 4.78 is 35.8. The number of carbonyl (C=O) groups is 1. The molecule has 0 spiro atoms. The Bertz CT molecular complexity index is 1250. The van der Waals surface area contributed by atoms with E-state index in [-0.39, 0.29) is 39.1 Å². The number of nitrogen functional groups attached to an aromatic ring is 1. The average molecular weight is 491 g/mol. The van der Waals surface area contributed by atoms with Crippen LogP contribution in [-0.4, -0.2) is 57.7 Å². The van der Waals surface area contributed by atoms with E-state index in [0.29, 0.717) is 37.4 Å². The quantitative estimate of drug-likeness (QED) is 0.525. The first-order valence-corrected chi connectivity index (χ1v) is 11.1. The van der Waals surface area contributed by atoms with Crippen molar-refractivity contribution in [3.63, 3.8) is 0 Å². The number of ether oxygens (including phenoxy) is 1. The second kappa shape index (κ2) is 8.83. The largest absolute Gasteiger partial charge is 0.444 e. The zero-order valence-electron chi connectivity index (χ0n) is 19.3. The van der Waals surface area contributed by atoms with E-state index in [9.17, 15) is 9.18 Å². The standard InChI is InChI=1S/C23H25ClF2N6O2/c1-12-9-14(24)18(27)15(16(12)25)20-17(26)19-13(10-28-20)21(30-11-29-19)31-5-7-32(8-6-31)22(33)34-23(2,3)4/h9-11H,5-8,27H2,1-4H3. The summed E-state index contributed by atoms with van der Waals surface area (Å²) in [6, 6.07) is 1.38. The Morgan fingerprint density at radius 2 is 1.79 bits per heavy atom. The number of benzene rings is 1. The van der Waals surface area contributed by atoms with E-state index in [0.717, 1.165) is 0 Å². The highest BCUT2D eigenvalue weighted by Crippen LogP contribution is 2.38. The first-order chi connectivity index (χ1) is 16.0. The van der Waals surface area contributed by atoms with Gasteiger partial charge in [0.25, 0.3) is 0 Å². The summed E-state index contributed by atoms with van der Waals surface area (Å²) in [7, 11) is 0. The van der Waals surface area contributed by atoms with Gasteiger partial charge in [-0.1, -0.05) is 11.6 Å². The maximum absolute atomic E-state index is 15.5. The maximum Gasteiger partial charge on any atom is 0.410 e. The van der Waals surface area contributed by atoms with E-state index >= 15 is 4.39 Å². The Labute approximate surface area is 200 Å². The summed E-state index contributed by atoms with van der Waals surface area (Å²) in [5.74, 6) is -1.04. The minimum atomic E-state index is -0.819. The molecule has 0 bridgehead atoms. The Morgan fingerprint density at radius 3 is 2.44 bits per heavy atom. The third-order valence-electron chi connectivity index (χ3n) is 5.50. The summed E-state index contributed by atoms with van der Waals surface area (Å²) in [5, 5.41) is 0.480. The first-order valence-electron chi connectivity index (χ1n) is 10.7. The topological polar surface area (TPSA) is 97.5 Å². The Kier molecular flexibility index (Phi) is 6.20. The van der Waals surface area contributed by atoms with Gasteiger partial charge in [-0.3, -0.25) is 4.98 Å². The van der Waals surface area contributed by atoms with Crippen LogP contribution >= 0.6 is 11.6 Å². The predicted molar refractivity (Wildman–Crippen MR) is 127 cm³/mol. The van der Waals surface area contributed by atoms with Crippen LogP contribution in [-0.2, 0) is 4.74 Å². The molecule has 1 aromatic carbocycles. The number of aryl methyl sites for hydroxylation is 1. The van der Waals surface area contributed by atoms with Gasteiger partial charge in [-0.05, 0) is 39.3 Å². The fraction of sp³-hybridized carbons (Fsp3) is 0.391. The van der Waals surface area contributed by atoms with Crippen molar-refractivity contribution >= 4 is 40.1 Å². The summed E-state index contributed by atoms with van der Waals surface area (Å²) >= 11 is 6.10. The summed E-state index contributed by atoms with van der Waals surface area (Å²) in [6.45, 7) is 8.71. The number of halogens is 3. The van der Waals surface area contributed by atoms with Crippen LogP contribution in [0.2, 0.25) is 5.02 Å². The van der Waals surface area contributed by atoms with Crippen molar-refractivity contribution in [3.05, 3.63) is 40.8 Å². The molecular weight excluding hydrogens is 466 g/mol. The smallest absolute Gasteiger partial charge is 0.410 e. The zero-order chi connectivity index (χ0) is 24.8. The van der Waals surface area contributed by atoms with E-state index in [1.807, 2.05) is 25.7 Å². The number of rotatable bonds is 2. The van der Waals surface area contributed by atoms with Gasteiger partial charge in [-0.2, -0.15) is 0 Å². The molecule has 0 saturated carbocycles. The van der Waals surface area contributed by atoms with Crippen LogP contribution in [0.4, 0.5) is 25.1 Å². The molecule has 3 aromatic rings. The molecule has 0 aliphatic carbocycles. The molecule has 0 radical (unpaired) electrons. The maximum atomic E-state index is 15.5. The summed E-state index contributed by atoms with van der Waals surface area (Å²) in [5.41, 5.74) is 5.02. The van der Waals surface area contributed by atoms with Crippen molar-refractivity contribution in [3.8, 4) is 11.3 Å². The number of amides is 1. The number of nitrogens with two attached hydrogens (primary N) is 1. The highest BCUT2D eigenvalue weighted by molar-refractivity contribution is 6.33. The molecule has 2 aromatic heterocycles. The lowest BCUT2D eigenvalue weighted by Gasteiger charge is -2.36. The van der Waals surface area contributed by atoms with Crippen LogP contribution in [0, 0.1) is 18.6 Å². The van der Waals surface area contributed by atoms with Gasteiger partial charge in [-0.15, -0.1) is 0 Å². The van der Waals surface area contributed by atoms with Gasteiger partial charge in [-0.25, -0.2) is 23.5 Å². The summed E-state index contributed by atoms with van der Waals surface area (Å²) in [4.78, 5) is 28.5. The third-order valence-corrected chi connectivity index (χ3v) is 5.82. The van der Waals surface area contributed by atoms with Gasteiger partial charge < -0.3 is 20.3 Å². The number of aromatic nitrogens is 3. The van der Waals surface area contributed by atoms with Crippen molar-refractivity contribution in [2.24, 2.45) is 0 Å². The van der Waals surface area contributed by atoms with E-state index in [2.05, 4.69) is 15.0 Å². The second-order valence-corrected chi connectivity index (χ2v) is 9.52. The number of carbonyl (C=O) groups excluding carboxylic acids is 1. The second-order valence-electron chi connectivity index (χ2n) is 9.11. The van der Waals surface area contributed by atoms with Gasteiger partial charge in [0.05, 0.1) is 21.7 Å². The molecule has 1 amide bonds. The van der Waals surface area contributed by atoms with Crippen molar-refractivity contribution in [1.82, 2.24) is 19.9 Å². The predicted octanol–water partition coefficient (Wildman–Crippen LogP) is 4.57. The minimum absolute atomic E-state index is 0.0130. The molecule has 0 unspecified atom stereocenters. The van der Waals surface area contributed by atoms with Crippen molar-refractivity contribution in [2.75, 3.05) is 36.8 Å². The molecule has 0 atom stereocenters. The number of fused-ring (bicyclic) bond motifs is 1. The molecule has 8 nitrogen and oxygen atoms in total. The summed E-state index contributed by atoms with van der Waals surface area (Å²) in [6.07, 6.45) is 2.26. The molecule has 4 rings (SSSR count). The van der Waals surface area contributed by atoms with Crippen molar-refractivity contribution in [2.45, 2.75) is 33.3 Å². The number of hydrogen-bond acceptors (Lipinski definition) is 7. The number of piperazine rings is 1. The van der Waals surface area contributed by atoms with Gasteiger partial charge >= 0.3 is 6.09 Å².